The molecular weight excluding hydrogens is 477 g/mol. The van der Waals surface area contributed by atoms with E-state index in [1.807, 2.05) is 57.3 Å². The highest BCUT2D eigenvalue weighted by Gasteiger charge is 2.29. The number of nitrogens with zero attached hydrogens (tertiary/aromatic N) is 3. The summed E-state index contributed by atoms with van der Waals surface area (Å²) in [7, 11) is 1.99. The van der Waals surface area contributed by atoms with Gasteiger partial charge in [-0.3, -0.25) is 9.78 Å². The molecule has 7 heteroatoms. The summed E-state index contributed by atoms with van der Waals surface area (Å²) in [5.74, 6) is -0.793. The van der Waals surface area contributed by atoms with Gasteiger partial charge in [-0.1, -0.05) is 61.8 Å². The van der Waals surface area contributed by atoms with Gasteiger partial charge < -0.3 is 14.6 Å². The molecule has 3 aromatic rings. The molecule has 2 heterocycles. The van der Waals surface area contributed by atoms with Crippen molar-refractivity contribution in [2.24, 2.45) is 5.41 Å². The predicted molar refractivity (Wildman–Crippen MR) is 142 cm³/mol. The first-order valence-electron chi connectivity index (χ1n) is 12.2. The average Bonchev–Trinajstić information content (AvgIpc) is 2.89. The summed E-state index contributed by atoms with van der Waals surface area (Å²) < 4.78 is 14.9. The number of aldehydes is 1. The normalized spacial score (nSPS) is 14.5. The summed E-state index contributed by atoms with van der Waals surface area (Å²) in [6.45, 7) is 4.82. The fraction of sp³-hybridized carbons (Fsp3) is 0.345. The van der Waals surface area contributed by atoms with Gasteiger partial charge in [0.2, 0.25) is 0 Å². The highest BCUT2D eigenvalue weighted by molar-refractivity contribution is 6.30. The molecule has 0 unspecified atom stereocenters. The van der Waals surface area contributed by atoms with Crippen molar-refractivity contribution in [1.29, 1.82) is 0 Å². The van der Waals surface area contributed by atoms with Crippen LogP contribution >= 0.6 is 11.6 Å². The molecule has 0 spiro atoms. The molecule has 0 saturated carbocycles. The number of carbonyl (C=O) groups is 2. The van der Waals surface area contributed by atoms with Crippen LogP contribution in [0.2, 0.25) is 5.02 Å². The van der Waals surface area contributed by atoms with Crippen LogP contribution in [0, 0.1) is 11.2 Å². The number of aromatic nitrogens is 1. The Morgan fingerprint density at radius 3 is 2.47 bits per heavy atom. The Labute approximate surface area is 216 Å². The summed E-state index contributed by atoms with van der Waals surface area (Å²) in [5.41, 5.74) is 2.92. The number of carbonyl (C=O) groups excluding carboxylic acids is 2. The van der Waals surface area contributed by atoms with E-state index in [0.29, 0.717) is 24.5 Å². The van der Waals surface area contributed by atoms with Crippen LogP contribution in [0.3, 0.4) is 0 Å². The number of halogens is 2. The van der Waals surface area contributed by atoms with E-state index < -0.39 is 11.2 Å². The van der Waals surface area contributed by atoms with Crippen molar-refractivity contribution < 1.29 is 14.0 Å². The second-order valence-corrected chi connectivity index (χ2v) is 10.5. The van der Waals surface area contributed by atoms with Crippen LogP contribution in [0.25, 0.3) is 11.1 Å². The number of hydrogen-bond acceptors (Lipinski definition) is 4. The van der Waals surface area contributed by atoms with Gasteiger partial charge in [-0.05, 0) is 42.2 Å². The molecule has 1 aliphatic heterocycles. The fourth-order valence-electron chi connectivity index (χ4n) is 4.69. The number of pyridine rings is 1. The lowest BCUT2D eigenvalue weighted by Gasteiger charge is -2.38. The second-order valence-electron chi connectivity index (χ2n) is 10.1. The van der Waals surface area contributed by atoms with Crippen molar-refractivity contribution >= 4 is 29.5 Å². The lowest BCUT2D eigenvalue weighted by atomic mass is 9.88. The monoisotopic (exact) mass is 507 g/mol. The van der Waals surface area contributed by atoms with Crippen molar-refractivity contribution in [3.05, 3.63) is 82.9 Å². The summed E-state index contributed by atoms with van der Waals surface area (Å²) in [6, 6.07) is 16.4. The number of benzene rings is 2. The third-order valence-corrected chi connectivity index (χ3v) is 7.05. The third kappa shape index (κ3) is 5.76. The van der Waals surface area contributed by atoms with Gasteiger partial charge in [0.1, 0.15) is 12.1 Å². The number of hydrogen-bond donors (Lipinski definition) is 0. The van der Waals surface area contributed by atoms with Crippen molar-refractivity contribution in [2.45, 2.75) is 39.2 Å². The van der Waals surface area contributed by atoms with E-state index in [2.05, 4.69) is 9.88 Å². The standard InChI is InChI=1S/C29H31ClFN3O2/c1-29(2,19-35)17-26-27(16-22(30)18-32-26)33(3)23-11-13-34(14-12-23)28(36)24-10-9-21(15-25(24)31)20-7-5-4-6-8-20/h4-10,15-16,18-19,23H,11-14,17H2,1-3H3. The number of piperidine rings is 1. The minimum Gasteiger partial charge on any atom is -0.370 e. The highest BCUT2D eigenvalue weighted by atomic mass is 35.5. The van der Waals surface area contributed by atoms with E-state index in [-0.39, 0.29) is 17.5 Å². The molecule has 0 bridgehead atoms. The largest absolute Gasteiger partial charge is 0.370 e. The smallest absolute Gasteiger partial charge is 0.256 e. The van der Waals surface area contributed by atoms with E-state index in [4.69, 9.17) is 11.6 Å². The van der Waals surface area contributed by atoms with Crippen LogP contribution in [0.4, 0.5) is 10.1 Å². The highest BCUT2D eigenvalue weighted by Crippen LogP contribution is 2.31. The van der Waals surface area contributed by atoms with E-state index in [1.54, 1.807) is 23.2 Å². The number of anilines is 1. The van der Waals surface area contributed by atoms with Gasteiger partial charge in [-0.25, -0.2) is 4.39 Å². The minimum atomic E-state index is -0.535. The summed E-state index contributed by atoms with van der Waals surface area (Å²) in [5, 5.41) is 0.534. The molecular formula is C29H31ClFN3O2. The predicted octanol–water partition coefficient (Wildman–Crippen LogP) is 6.05. The molecule has 4 rings (SSSR count). The molecule has 1 aliphatic rings. The van der Waals surface area contributed by atoms with Crippen LogP contribution < -0.4 is 4.90 Å². The maximum atomic E-state index is 14.9. The van der Waals surface area contributed by atoms with Gasteiger partial charge in [0.05, 0.1) is 22.0 Å². The zero-order valence-electron chi connectivity index (χ0n) is 20.9. The Balaban J connectivity index is 1.44. The topological polar surface area (TPSA) is 53.5 Å². The Morgan fingerprint density at radius 2 is 1.83 bits per heavy atom. The molecule has 0 aliphatic carbocycles. The number of rotatable bonds is 7. The van der Waals surface area contributed by atoms with Gasteiger partial charge in [0.15, 0.2) is 0 Å². The Bertz CT molecular complexity index is 1240. The molecule has 1 aromatic heterocycles. The van der Waals surface area contributed by atoms with Crippen LogP contribution in [0.1, 0.15) is 42.7 Å². The third-order valence-electron chi connectivity index (χ3n) is 6.84. The zero-order valence-corrected chi connectivity index (χ0v) is 21.6. The van der Waals surface area contributed by atoms with Crippen molar-refractivity contribution in [3.8, 4) is 11.1 Å². The molecule has 1 amide bonds. The Kier molecular flexibility index (Phi) is 7.74. The van der Waals surface area contributed by atoms with E-state index in [9.17, 15) is 14.0 Å². The maximum Gasteiger partial charge on any atom is 0.256 e. The number of amides is 1. The minimum absolute atomic E-state index is 0.0962. The van der Waals surface area contributed by atoms with Crippen LogP contribution in [-0.2, 0) is 11.2 Å². The quantitative estimate of drug-likeness (QED) is 0.365. The molecule has 5 nitrogen and oxygen atoms in total. The maximum absolute atomic E-state index is 14.9. The summed E-state index contributed by atoms with van der Waals surface area (Å²) in [6.07, 6.45) is 4.52. The second kappa shape index (κ2) is 10.8. The van der Waals surface area contributed by atoms with Crippen LogP contribution in [0.5, 0.6) is 0 Å². The van der Waals surface area contributed by atoms with E-state index >= 15 is 0 Å². The van der Waals surface area contributed by atoms with Gasteiger partial charge in [0, 0.05) is 44.2 Å². The first kappa shape index (κ1) is 25.8. The van der Waals surface area contributed by atoms with Gasteiger partial charge in [0.25, 0.3) is 5.91 Å². The lowest BCUT2D eigenvalue weighted by Crippen LogP contribution is -2.46. The molecule has 188 valence electrons. The first-order chi connectivity index (χ1) is 17.2. The van der Waals surface area contributed by atoms with E-state index in [1.165, 1.54) is 6.07 Å². The van der Waals surface area contributed by atoms with Gasteiger partial charge in [-0.15, -0.1) is 0 Å². The SMILES string of the molecule is CN(c1cc(Cl)cnc1CC(C)(C)C=O)C1CCN(C(=O)c2ccc(-c3ccccc3)cc2F)CC1. The Morgan fingerprint density at radius 1 is 1.14 bits per heavy atom. The summed E-state index contributed by atoms with van der Waals surface area (Å²) in [4.78, 5) is 33.0. The molecule has 1 fully saturated rings. The van der Waals surface area contributed by atoms with Crippen molar-refractivity contribution in [1.82, 2.24) is 9.88 Å². The van der Waals surface area contributed by atoms with Crippen LogP contribution in [-0.4, -0.2) is 48.3 Å². The molecule has 0 radical (unpaired) electrons. The van der Waals surface area contributed by atoms with Gasteiger partial charge in [-0.2, -0.15) is 0 Å². The lowest BCUT2D eigenvalue weighted by molar-refractivity contribution is -0.114. The zero-order chi connectivity index (χ0) is 25.9. The van der Waals surface area contributed by atoms with Gasteiger partial charge >= 0.3 is 0 Å². The molecule has 36 heavy (non-hydrogen) atoms. The number of likely N-dealkylation sites (tertiary alicyclic amines) is 1. The first-order valence-corrected chi connectivity index (χ1v) is 12.5. The molecule has 1 saturated heterocycles. The van der Waals surface area contributed by atoms with E-state index in [0.717, 1.165) is 41.6 Å². The molecule has 2 aromatic carbocycles. The summed E-state index contributed by atoms with van der Waals surface area (Å²) >= 11 is 6.26. The molecule has 0 N–H and O–H groups in total. The Hall–Kier alpha value is -3.25. The average molecular weight is 508 g/mol. The van der Waals surface area contributed by atoms with Crippen molar-refractivity contribution in [2.75, 3.05) is 25.0 Å². The fourth-order valence-corrected chi connectivity index (χ4v) is 4.85. The van der Waals surface area contributed by atoms with Crippen LogP contribution in [0.15, 0.2) is 60.8 Å². The van der Waals surface area contributed by atoms with Crippen molar-refractivity contribution in [3.63, 3.8) is 0 Å². The molecule has 0 atom stereocenters.